The second-order valence-corrected chi connectivity index (χ2v) is 5.91. The monoisotopic (exact) mass is 315 g/mol. The molecule has 1 saturated heterocycles. The average molecular weight is 316 g/mol. The fraction of sp³-hybridized carbons (Fsp3) is 0.500. The van der Waals surface area contributed by atoms with E-state index in [-0.39, 0.29) is 0 Å². The minimum atomic E-state index is -0.950. The molecule has 4 nitrogen and oxygen atoms in total. The van der Waals surface area contributed by atoms with Crippen molar-refractivity contribution in [2.45, 2.75) is 18.9 Å². The number of nitrogens with zero attached hydrogens (tertiary/aromatic N) is 1. The Morgan fingerprint density at radius 3 is 2.80 bits per heavy atom. The standard InChI is InChI=1S/C14H19Cl2N3O/c1-14(13(17)20,19-8-3-6-18-7-9-19)10-4-2-5-11(15)12(10)16/h2,4-5,18H,3,6-9H2,1H3,(H2,17,20). The van der Waals surface area contributed by atoms with Crippen molar-refractivity contribution in [3.05, 3.63) is 33.8 Å². The molecule has 0 spiro atoms. The SMILES string of the molecule is CC(C(N)=O)(c1cccc(Cl)c1Cl)N1CCCNCC1. The summed E-state index contributed by atoms with van der Waals surface area (Å²) in [7, 11) is 0. The van der Waals surface area contributed by atoms with Crippen LogP contribution in [0.15, 0.2) is 18.2 Å². The molecule has 1 unspecified atom stereocenters. The zero-order valence-corrected chi connectivity index (χ0v) is 13.0. The Balaban J connectivity index is 2.48. The molecule has 0 saturated carbocycles. The van der Waals surface area contributed by atoms with Gasteiger partial charge in [0.1, 0.15) is 5.54 Å². The zero-order valence-electron chi connectivity index (χ0n) is 11.5. The predicted octanol–water partition coefficient (Wildman–Crippen LogP) is 1.99. The van der Waals surface area contributed by atoms with Gasteiger partial charge in [-0.1, -0.05) is 35.3 Å². The second kappa shape index (κ2) is 6.31. The summed E-state index contributed by atoms with van der Waals surface area (Å²) in [6, 6.07) is 5.32. The molecule has 1 aromatic carbocycles. The minimum absolute atomic E-state index is 0.396. The van der Waals surface area contributed by atoms with Gasteiger partial charge in [0.05, 0.1) is 10.0 Å². The van der Waals surface area contributed by atoms with E-state index in [0.29, 0.717) is 15.6 Å². The van der Waals surface area contributed by atoms with Crippen LogP contribution in [0.4, 0.5) is 0 Å². The van der Waals surface area contributed by atoms with E-state index in [9.17, 15) is 4.79 Å². The van der Waals surface area contributed by atoms with E-state index in [1.807, 2.05) is 13.0 Å². The first kappa shape index (κ1) is 15.6. The Labute approximate surface area is 129 Å². The predicted molar refractivity (Wildman–Crippen MR) is 82.1 cm³/mol. The van der Waals surface area contributed by atoms with Crippen LogP contribution >= 0.6 is 23.2 Å². The maximum absolute atomic E-state index is 12.2. The second-order valence-electron chi connectivity index (χ2n) is 5.13. The molecule has 1 aromatic rings. The van der Waals surface area contributed by atoms with Crippen LogP contribution in [0.1, 0.15) is 18.9 Å². The molecule has 1 atom stereocenters. The van der Waals surface area contributed by atoms with Crippen molar-refractivity contribution < 1.29 is 4.79 Å². The molecule has 2 rings (SSSR count). The Kier molecular flexibility index (Phi) is 4.91. The van der Waals surface area contributed by atoms with Crippen LogP contribution in [0.5, 0.6) is 0 Å². The van der Waals surface area contributed by atoms with E-state index in [1.54, 1.807) is 12.1 Å². The summed E-state index contributed by atoms with van der Waals surface area (Å²) in [6.45, 7) is 5.10. The van der Waals surface area contributed by atoms with Crippen molar-refractivity contribution in [2.24, 2.45) is 5.73 Å². The first-order valence-corrected chi connectivity index (χ1v) is 7.43. The lowest BCUT2D eigenvalue weighted by molar-refractivity contribution is -0.129. The molecule has 1 aliphatic heterocycles. The van der Waals surface area contributed by atoms with Crippen molar-refractivity contribution in [3.63, 3.8) is 0 Å². The molecular formula is C14H19Cl2N3O. The van der Waals surface area contributed by atoms with Gasteiger partial charge in [-0.05, 0) is 26.0 Å². The molecular weight excluding hydrogens is 297 g/mol. The first-order valence-electron chi connectivity index (χ1n) is 6.68. The highest BCUT2D eigenvalue weighted by molar-refractivity contribution is 6.42. The molecule has 6 heteroatoms. The number of primary amides is 1. The normalized spacial score (nSPS) is 20.1. The topological polar surface area (TPSA) is 58.4 Å². The van der Waals surface area contributed by atoms with Crippen LogP contribution in [0.2, 0.25) is 10.0 Å². The average Bonchev–Trinajstić information content (AvgIpc) is 2.70. The number of amides is 1. The van der Waals surface area contributed by atoms with Crippen molar-refractivity contribution in [1.82, 2.24) is 10.2 Å². The van der Waals surface area contributed by atoms with Crippen LogP contribution in [0.3, 0.4) is 0 Å². The molecule has 0 bridgehead atoms. The van der Waals surface area contributed by atoms with Crippen LogP contribution in [0.25, 0.3) is 0 Å². The van der Waals surface area contributed by atoms with Gasteiger partial charge in [0, 0.05) is 25.2 Å². The van der Waals surface area contributed by atoms with Gasteiger partial charge in [-0.2, -0.15) is 0 Å². The van der Waals surface area contributed by atoms with Crippen molar-refractivity contribution in [2.75, 3.05) is 26.2 Å². The van der Waals surface area contributed by atoms with Gasteiger partial charge in [0.25, 0.3) is 0 Å². The molecule has 20 heavy (non-hydrogen) atoms. The fourth-order valence-electron chi connectivity index (χ4n) is 2.63. The Morgan fingerprint density at radius 1 is 1.35 bits per heavy atom. The number of nitrogens with two attached hydrogens (primary N) is 1. The van der Waals surface area contributed by atoms with E-state index in [1.165, 1.54) is 0 Å². The summed E-state index contributed by atoms with van der Waals surface area (Å²) in [5.41, 5.74) is 5.42. The third-order valence-corrected chi connectivity index (χ3v) is 4.75. The lowest BCUT2D eigenvalue weighted by Gasteiger charge is -2.39. The number of halogens is 2. The number of nitrogens with one attached hydrogen (secondary N) is 1. The molecule has 1 fully saturated rings. The maximum atomic E-state index is 12.2. The maximum Gasteiger partial charge on any atom is 0.242 e. The smallest absolute Gasteiger partial charge is 0.242 e. The summed E-state index contributed by atoms with van der Waals surface area (Å²) >= 11 is 12.4. The van der Waals surface area contributed by atoms with Gasteiger partial charge < -0.3 is 11.1 Å². The summed E-state index contributed by atoms with van der Waals surface area (Å²) in [5, 5.41) is 4.14. The Morgan fingerprint density at radius 2 is 2.10 bits per heavy atom. The van der Waals surface area contributed by atoms with Crippen molar-refractivity contribution in [1.29, 1.82) is 0 Å². The summed E-state index contributed by atoms with van der Waals surface area (Å²) in [6.07, 6.45) is 0.959. The summed E-state index contributed by atoms with van der Waals surface area (Å²) < 4.78 is 0. The van der Waals surface area contributed by atoms with E-state index in [4.69, 9.17) is 28.9 Å². The van der Waals surface area contributed by atoms with E-state index in [0.717, 1.165) is 32.6 Å². The number of carbonyl (C=O) groups excluding carboxylic acids is 1. The molecule has 1 heterocycles. The third kappa shape index (κ3) is 2.79. The summed E-state index contributed by atoms with van der Waals surface area (Å²) in [5.74, 6) is -0.413. The van der Waals surface area contributed by atoms with Crippen LogP contribution in [0, 0.1) is 0 Å². The van der Waals surface area contributed by atoms with Gasteiger partial charge in [0.15, 0.2) is 0 Å². The molecule has 110 valence electrons. The lowest BCUT2D eigenvalue weighted by atomic mass is 9.88. The Hall–Kier alpha value is -0.810. The molecule has 1 aliphatic rings. The first-order chi connectivity index (χ1) is 9.48. The lowest BCUT2D eigenvalue weighted by Crippen LogP contribution is -2.54. The van der Waals surface area contributed by atoms with E-state index in [2.05, 4.69) is 10.2 Å². The highest BCUT2D eigenvalue weighted by Crippen LogP contribution is 2.37. The number of hydrogen-bond acceptors (Lipinski definition) is 3. The minimum Gasteiger partial charge on any atom is -0.368 e. The number of rotatable bonds is 3. The molecule has 0 radical (unpaired) electrons. The zero-order chi connectivity index (χ0) is 14.8. The molecule has 3 N–H and O–H groups in total. The van der Waals surface area contributed by atoms with Gasteiger partial charge in [-0.3, -0.25) is 9.69 Å². The molecule has 0 aromatic heterocycles. The highest BCUT2D eigenvalue weighted by Gasteiger charge is 2.41. The number of carbonyl (C=O) groups is 1. The van der Waals surface area contributed by atoms with Gasteiger partial charge in [0.2, 0.25) is 5.91 Å². The molecule has 0 aliphatic carbocycles. The quantitative estimate of drug-likeness (QED) is 0.896. The number of benzene rings is 1. The van der Waals surface area contributed by atoms with Crippen LogP contribution < -0.4 is 11.1 Å². The van der Waals surface area contributed by atoms with Gasteiger partial charge >= 0.3 is 0 Å². The Bertz CT molecular complexity index is 501. The van der Waals surface area contributed by atoms with Gasteiger partial charge in [-0.15, -0.1) is 0 Å². The fourth-order valence-corrected chi connectivity index (χ4v) is 3.12. The highest BCUT2D eigenvalue weighted by atomic mass is 35.5. The largest absolute Gasteiger partial charge is 0.368 e. The van der Waals surface area contributed by atoms with Crippen molar-refractivity contribution >= 4 is 29.1 Å². The van der Waals surface area contributed by atoms with Gasteiger partial charge in [-0.25, -0.2) is 0 Å². The number of hydrogen-bond donors (Lipinski definition) is 2. The molecule has 1 amide bonds. The van der Waals surface area contributed by atoms with Crippen molar-refractivity contribution in [3.8, 4) is 0 Å². The van der Waals surface area contributed by atoms with E-state index >= 15 is 0 Å². The summed E-state index contributed by atoms with van der Waals surface area (Å²) in [4.78, 5) is 14.2. The van der Waals surface area contributed by atoms with Crippen LogP contribution in [-0.4, -0.2) is 37.0 Å². The van der Waals surface area contributed by atoms with Crippen LogP contribution in [-0.2, 0) is 10.3 Å². The third-order valence-electron chi connectivity index (χ3n) is 3.93. The van der Waals surface area contributed by atoms with E-state index < -0.39 is 11.4 Å².